The zero-order valence-corrected chi connectivity index (χ0v) is 8.25. The summed E-state index contributed by atoms with van der Waals surface area (Å²) in [6, 6.07) is 2.23. The van der Waals surface area contributed by atoms with Crippen molar-refractivity contribution in [2.75, 3.05) is 0 Å². The van der Waals surface area contributed by atoms with Crippen LogP contribution in [0.1, 0.15) is 11.5 Å². The van der Waals surface area contributed by atoms with Crippen LogP contribution in [0, 0.1) is 6.92 Å². The predicted octanol–water partition coefficient (Wildman–Crippen LogP) is 3.06. The molecule has 0 saturated heterocycles. The third kappa shape index (κ3) is 2.05. The topological polar surface area (TPSA) is 38.9 Å². The molecular formula is C10H7F3N2O. The van der Waals surface area contributed by atoms with E-state index in [0.29, 0.717) is 17.3 Å². The zero-order valence-electron chi connectivity index (χ0n) is 8.25. The van der Waals surface area contributed by atoms with E-state index in [0.717, 1.165) is 12.3 Å². The highest BCUT2D eigenvalue weighted by Gasteiger charge is 2.30. The van der Waals surface area contributed by atoms with Crippen LogP contribution in [0.25, 0.3) is 11.4 Å². The van der Waals surface area contributed by atoms with Gasteiger partial charge >= 0.3 is 6.18 Å². The lowest BCUT2D eigenvalue weighted by molar-refractivity contribution is -0.137. The molecular weight excluding hydrogens is 221 g/mol. The van der Waals surface area contributed by atoms with Gasteiger partial charge in [0.2, 0.25) is 0 Å². The molecule has 0 aliphatic heterocycles. The maximum atomic E-state index is 12.3. The quantitative estimate of drug-likeness (QED) is 0.752. The monoisotopic (exact) mass is 228 g/mol. The first-order valence-electron chi connectivity index (χ1n) is 4.42. The molecule has 2 aromatic rings. The number of hydrogen-bond acceptors (Lipinski definition) is 3. The number of nitrogens with zero attached hydrogens (tertiary/aromatic N) is 2. The fraction of sp³-hybridized carbons (Fsp3) is 0.200. The van der Waals surface area contributed by atoms with Gasteiger partial charge in [-0.1, -0.05) is 0 Å². The van der Waals surface area contributed by atoms with Crippen molar-refractivity contribution in [3.05, 3.63) is 36.0 Å². The number of halogens is 3. The molecule has 0 N–H and O–H groups in total. The van der Waals surface area contributed by atoms with Crippen LogP contribution in [0.15, 0.2) is 29.0 Å². The molecule has 0 radical (unpaired) electrons. The zero-order chi connectivity index (χ0) is 11.8. The minimum absolute atomic E-state index is 0.352. The van der Waals surface area contributed by atoms with E-state index in [-0.39, 0.29) is 0 Å². The lowest BCUT2D eigenvalue weighted by Crippen LogP contribution is -2.05. The summed E-state index contributed by atoms with van der Waals surface area (Å²) < 4.78 is 41.7. The first-order chi connectivity index (χ1) is 7.47. The standard InChI is InChI=1S/C10H7F3N2O/c1-6-15-9(5-16-6)8-3-2-7(4-14-8)10(11,12)13/h2-5H,1H3. The van der Waals surface area contributed by atoms with Gasteiger partial charge in [-0.05, 0) is 12.1 Å². The van der Waals surface area contributed by atoms with Gasteiger partial charge in [0.25, 0.3) is 0 Å². The summed E-state index contributed by atoms with van der Waals surface area (Å²) in [5, 5.41) is 0. The van der Waals surface area contributed by atoms with Crippen molar-refractivity contribution in [3.63, 3.8) is 0 Å². The van der Waals surface area contributed by atoms with Gasteiger partial charge in [-0.15, -0.1) is 0 Å². The van der Waals surface area contributed by atoms with Crippen molar-refractivity contribution in [2.24, 2.45) is 0 Å². The van der Waals surface area contributed by atoms with Crippen molar-refractivity contribution in [1.82, 2.24) is 9.97 Å². The largest absolute Gasteiger partial charge is 0.449 e. The molecule has 0 atom stereocenters. The Morgan fingerprint density at radius 2 is 1.94 bits per heavy atom. The van der Waals surface area contributed by atoms with Crippen molar-refractivity contribution in [1.29, 1.82) is 0 Å². The summed E-state index contributed by atoms with van der Waals surface area (Å²) in [6.45, 7) is 1.65. The fourth-order valence-corrected chi connectivity index (χ4v) is 1.19. The van der Waals surface area contributed by atoms with Crippen molar-refractivity contribution >= 4 is 0 Å². The molecule has 2 heterocycles. The van der Waals surface area contributed by atoms with Gasteiger partial charge in [0.15, 0.2) is 5.89 Å². The first kappa shape index (κ1) is 10.7. The summed E-state index contributed by atoms with van der Waals surface area (Å²) in [5.74, 6) is 0.441. The highest BCUT2D eigenvalue weighted by atomic mass is 19.4. The number of aromatic nitrogens is 2. The lowest BCUT2D eigenvalue weighted by Gasteiger charge is -2.05. The Labute approximate surface area is 88.9 Å². The molecule has 84 valence electrons. The Kier molecular flexibility index (Phi) is 2.41. The summed E-state index contributed by atoms with van der Waals surface area (Å²) in [5.41, 5.74) is -0.00691. The van der Waals surface area contributed by atoms with Crippen LogP contribution in [-0.2, 0) is 6.18 Å². The highest BCUT2D eigenvalue weighted by Crippen LogP contribution is 2.29. The Morgan fingerprint density at radius 1 is 1.19 bits per heavy atom. The van der Waals surface area contributed by atoms with Crippen LogP contribution < -0.4 is 0 Å². The van der Waals surface area contributed by atoms with Gasteiger partial charge in [0.05, 0.1) is 11.3 Å². The van der Waals surface area contributed by atoms with E-state index >= 15 is 0 Å². The number of oxazole rings is 1. The van der Waals surface area contributed by atoms with Crippen LogP contribution in [0.2, 0.25) is 0 Å². The number of hydrogen-bond donors (Lipinski definition) is 0. The highest BCUT2D eigenvalue weighted by molar-refractivity contribution is 5.52. The van der Waals surface area contributed by atoms with Gasteiger partial charge < -0.3 is 4.42 Å². The van der Waals surface area contributed by atoms with Gasteiger partial charge in [0, 0.05) is 13.1 Å². The Hall–Kier alpha value is -1.85. The minimum Gasteiger partial charge on any atom is -0.449 e. The second-order valence-electron chi connectivity index (χ2n) is 3.18. The normalized spacial score (nSPS) is 11.8. The number of alkyl halides is 3. The molecule has 0 unspecified atom stereocenters. The Morgan fingerprint density at radius 3 is 2.38 bits per heavy atom. The van der Waals surface area contributed by atoms with Crippen LogP contribution in [0.5, 0.6) is 0 Å². The molecule has 0 spiro atoms. The van der Waals surface area contributed by atoms with E-state index < -0.39 is 11.7 Å². The van der Waals surface area contributed by atoms with Crippen molar-refractivity contribution < 1.29 is 17.6 Å². The lowest BCUT2D eigenvalue weighted by atomic mass is 10.2. The maximum Gasteiger partial charge on any atom is 0.417 e. The molecule has 0 aliphatic carbocycles. The number of aryl methyl sites for hydroxylation is 1. The van der Waals surface area contributed by atoms with E-state index in [4.69, 9.17) is 4.42 Å². The molecule has 2 rings (SSSR count). The Bertz CT molecular complexity index is 488. The Balaban J connectivity index is 2.33. The third-order valence-electron chi connectivity index (χ3n) is 1.97. The van der Waals surface area contributed by atoms with E-state index in [1.54, 1.807) is 6.92 Å². The minimum atomic E-state index is -4.37. The van der Waals surface area contributed by atoms with E-state index in [1.165, 1.54) is 12.3 Å². The van der Waals surface area contributed by atoms with Gasteiger partial charge in [-0.3, -0.25) is 4.98 Å². The molecule has 2 aromatic heterocycles. The predicted molar refractivity (Wildman–Crippen MR) is 49.5 cm³/mol. The van der Waals surface area contributed by atoms with Crippen LogP contribution >= 0.6 is 0 Å². The molecule has 0 amide bonds. The first-order valence-corrected chi connectivity index (χ1v) is 4.42. The van der Waals surface area contributed by atoms with Crippen molar-refractivity contribution in [2.45, 2.75) is 13.1 Å². The SMILES string of the molecule is Cc1nc(-c2ccc(C(F)(F)F)cn2)co1. The van der Waals surface area contributed by atoms with E-state index in [9.17, 15) is 13.2 Å². The second kappa shape index (κ2) is 3.62. The summed E-state index contributed by atoms with van der Waals surface area (Å²) >= 11 is 0. The second-order valence-corrected chi connectivity index (χ2v) is 3.18. The smallest absolute Gasteiger partial charge is 0.417 e. The van der Waals surface area contributed by atoms with Gasteiger partial charge in [-0.25, -0.2) is 4.98 Å². The average molecular weight is 228 g/mol. The number of rotatable bonds is 1. The summed E-state index contributed by atoms with van der Waals surface area (Å²) in [4.78, 5) is 7.65. The molecule has 6 heteroatoms. The van der Waals surface area contributed by atoms with Crippen LogP contribution in [-0.4, -0.2) is 9.97 Å². The van der Waals surface area contributed by atoms with E-state index in [2.05, 4.69) is 9.97 Å². The summed E-state index contributed by atoms with van der Waals surface area (Å²) in [7, 11) is 0. The molecule has 0 bridgehead atoms. The number of pyridine rings is 1. The van der Waals surface area contributed by atoms with Crippen LogP contribution in [0.4, 0.5) is 13.2 Å². The molecule has 0 saturated carbocycles. The van der Waals surface area contributed by atoms with Gasteiger partial charge in [0.1, 0.15) is 12.0 Å². The molecule has 3 nitrogen and oxygen atoms in total. The van der Waals surface area contributed by atoms with Gasteiger partial charge in [-0.2, -0.15) is 13.2 Å². The maximum absolute atomic E-state index is 12.3. The molecule has 0 fully saturated rings. The van der Waals surface area contributed by atoms with Crippen LogP contribution in [0.3, 0.4) is 0 Å². The average Bonchev–Trinajstić information content (AvgIpc) is 2.64. The molecule has 16 heavy (non-hydrogen) atoms. The van der Waals surface area contributed by atoms with E-state index in [1.807, 2.05) is 0 Å². The molecule has 0 aliphatic rings. The fourth-order valence-electron chi connectivity index (χ4n) is 1.19. The summed E-state index contributed by atoms with van der Waals surface area (Å²) in [6.07, 6.45) is -2.24. The molecule has 0 aromatic carbocycles. The van der Waals surface area contributed by atoms with Crippen molar-refractivity contribution in [3.8, 4) is 11.4 Å². The third-order valence-corrected chi connectivity index (χ3v) is 1.97.